The van der Waals surface area contributed by atoms with Crippen LogP contribution in [-0.4, -0.2) is 20.3 Å². The Morgan fingerprint density at radius 3 is 2.55 bits per heavy atom. The van der Waals surface area contributed by atoms with Gasteiger partial charge in [0.2, 0.25) is 5.91 Å². The van der Waals surface area contributed by atoms with Gasteiger partial charge in [0.1, 0.15) is 0 Å². The SMILES string of the molecule is CC(C)Cn1nc(CC(=O)Nc2cccc3c2ccn3C)c2ccccc2c1=O. The first-order valence-corrected chi connectivity index (χ1v) is 9.76. The number of hydrogen-bond acceptors (Lipinski definition) is 3. The van der Waals surface area contributed by atoms with E-state index in [2.05, 4.69) is 10.4 Å². The second-order valence-electron chi connectivity index (χ2n) is 7.76. The summed E-state index contributed by atoms with van der Waals surface area (Å²) in [6.45, 7) is 4.59. The normalized spacial score (nSPS) is 11.4. The summed E-state index contributed by atoms with van der Waals surface area (Å²) in [5.74, 6) is 0.118. The lowest BCUT2D eigenvalue weighted by atomic mass is 10.1. The summed E-state index contributed by atoms with van der Waals surface area (Å²) in [4.78, 5) is 25.6. The first-order valence-electron chi connectivity index (χ1n) is 9.76. The number of aryl methyl sites for hydroxylation is 1. The third-order valence-electron chi connectivity index (χ3n) is 5.01. The Bertz CT molecular complexity index is 1270. The molecule has 4 aromatic rings. The Morgan fingerprint density at radius 1 is 1.03 bits per heavy atom. The number of benzene rings is 2. The molecule has 0 aliphatic carbocycles. The topological polar surface area (TPSA) is 68.9 Å². The molecule has 0 spiro atoms. The monoisotopic (exact) mass is 388 g/mol. The van der Waals surface area contributed by atoms with Crippen molar-refractivity contribution < 1.29 is 4.79 Å². The minimum atomic E-state index is -0.159. The van der Waals surface area contributed by atoms with Gasteiger partial charge < -0.3 is 9.88 Å². The first-order chi connectivity index (χ1) is 13.9. The highest BCUT2D eigenvalue weighted by Gasteiger charge is 2.15. The maximum absolute atomic E-state index is 12.8. The Kier molecular flexibility index (Phi) is 4.92. The number of nitrogens with one attached hydrogen (secondary N) is 1. The number of anilines is 1. The molecule has 0 fully saturated rings. The molecular formula is C23H24N4O2. The average Bonchev–Trinajstić information content (AvgIpc) is 3.07. The molecule has 1 amide bonds. The molecule has 0 saturated carbocycles. The van der Waals surface area contributed by atoms with Crippen LogP contribution < -0.4 is 10.9 Å². The van der Waals surface area contributed by atoms with Crippen molar-refractivity contribution in [1.82, 2.24) is 14.3 Å². The maximum Gasteiger partial charge on any atom is 0.274 e. The zero-order chi connectivity index (χ0) is 20.5. The molecule has 6 heteroatoms. The van der Waals surface area contributed by atoms with E-state index in [1.807, 2.05) is 74.1 Å². The van der Waals surface area contributed by atoms with Gasteiger partial charge in [-0.15, -0.1) is 0 Å². The maximum atomic E-state index is 12.8. The summed E-state index contributed by atoms with van der Waals surface area (Å²) in [5, 5.41) is 9.85. The number of fused-ring (bicyclic) bond motifs is 2. The molecule has 0 unspecified atom stereocenters. The van der Waals surface area contributed by atoms with Gasteiger partial charge in [0.05, 0.1) is 23.2 Å². The van der Waals surface area contributed by atoms with Crippen molar-refractivity contribution in [3.63, 3.8) is 0 Å². The smallest absolute Gasteiger partial charge is 0.274 e. The van der Waals surface area contributed by atoms with Gasteiger partial charge in [0, 0.05) is 36.1 Å². The molecule has 0 radical (unpaired) electrons. The van der Waals surface area contributed by atoms with E-state index in [0.29, 0.717) is 17.6 Å². The van der Waals surface area contributed by atoms with E-state index in [0.717, 1.165) is 22.0 Å². The summed E-state index contributed by atoms with van der Waals surface area (Å²) >= 11 is 0. The van der Waals surface area contributed by atoms with Crippen molar-refractivity contribution in [3.8, 4) is 0 Å². The number of rotatable bonds is 5. The van der Waals surface area contributed by atoms with E-state index < -0.39 is 0 Å². The standard InChI is InChI=1S/C23H24N4O2/c1-15(2)14-27-23(29)17-8-5-4-7-16(17)20(25-27)13-22(28)24-19-9-6-10-21-18(19)11-12-26(21)3/h4-12,15H,13-14H2,1-3H3,(H,24,28). The highest BCUT2D eigenvalue weighted by atomic mass is 16.1. The summed E-state index contributed by atoms with van der Waals surface area (Å²) in [7, 11) is 1.97. The number of hydrogen-bond donors (Lipinski definition) is 1. The van der Waals surface area contributed by atoms with Crippen LogP contribution in [0.1, 0.15) is 19.5 Å². The van der Waals surface area contributed by atoms with Gasteiger partial charge in [-0.1, -0.05) is 38.1 Å². The van der Waals surface area contributed by atoms with Gasteiger partial charge in [-0.3, -0.25) is 9.59 Å². The predicted octanol–water partition coefficient (Wildman–Crippen LogP) is 3.73. The molecule has 6 nitrogen and oxygen atoms in total. The molecule has 0 saturated heterocycles. The van der Waals surface area contributed by atoms with E-state index in [4.69, 9.17) is 0 Å². The van der Waals surface area contributed by atoms with E-state index in [-0.39, 0.29) is 23.8 Å². The number of carbonyl (C=O) groups is 1. The van der Waals surface area contributed by atoms with E-state index in [1.54, 1.807) is 6.07 Å². The zero-order valence-electron chi connectivity index (χ0n) is 16.8. The van der Waals surface area contributed by atoms with Crippen molar-refractivity contribution in [1.29, 1.82) is 0 Å². The summed E-state index contributed by atoms with van der Waals surface area (Å²) in [6, 6.07) is 15.2. The van der Waals surface area contributed by atoms with Gasteiger partial charge in [0.15, 0.2) is 0 Å². The van der Waals surface area contributed by atoms with Crippen LogP contribution in [0.15, 0.2) is 59.5 Å². The molecule has 4 rings (SSSR count). The second-order valence-corrected chi connectivity index (χ2v) is 7.76. The lowest BCUT2D eigenvalue weighted by Gasteiger charge is -2.13. The zero-order valence-corrected chi connectivity index (χ0v) is 16.8. The van der Waals surface area contributed by atoms with Crippen molar-refractivity contribution >= 4 is 33.3 Å². The van der Waals surface area contributed by atoms with Crippen LogP contribution in [0.25, 0.3) is 21.7 Å². The highest BCUT2D eigenvalue weighted by Crippen LogP contribution is 2.24. The van der Waals surface area contributed by atoms with Gasteiger partial charge >= 0.3 is 0 Å². The van der Waals surface area contributed by atoms with Crippen molar-refractivity contribution in [3.05, 3.63) is 70.8 Å². The van der Waals surface area contributed by atoms with Crippen LogP contribution in [0.2, 0.25) is 0 Å². The van der Waals surface area contributed by atoms with Crippen LogP contribution in [-0.2, 0) is 24.8 Å². The number of aromatic nitrogens is 3. The van der Waals surface area contributed by atoms with Crippen LogP contribution in [0.5, 0.6) is 0 Å². The van der Waals surface area contributed by atoms with Crippen molar-refractivity contribution in [2.75, 3.05) is 5.32 Å². The molecule has 148 valence electrons. The highest BCUT2D eigenvalue weighted by molar-refractivity contribution is 6.02. The Morgan fingerprint density at radius 2 is 1.79 bits per heavy atom. The summed E-state index contributed by atoms with van der Waals surface area (Å²) in [5.41, 5.74) is 2.32. The van der Waals surface area contributed by atoms with Gasteiger partial charge in [0.25, 0.3) is 5.56 Å². The minimum Gasteiger partial charge on any atom is -0.350 e. The Hall–Kier alpha value is -3.41. The second kappa shape index (κ2) is 7.54. The van der Waals surface area contributed by atoms with E-state index in [1.165, 1.54) is 4.68 Å². The van der Waals surface area contributed by atoms with Crippen LogP contribution in [0, 0.1) is 5.92 Å². The molecule has 1 N–H and O–H groups in total. The lowest BCUT2D eigenvalue weighted by Crippen LogP contribution is -2.28. The summed E-state index contributed by atoms with van der Waals surface area (Å²) < 4.78 is 3.50. The molecule has 0 bridgehead atoms. The third kappa shape index (κ3) is 3.66. The van der Waals surface area contributed by atoms with Gasteiger partial charge in [-0.05, 0) is 30.2 Å². The number of amides is 1. The Labute approximate surface area is 168 Å². The van der Waals surface area contributed by atoms with Crippen LogP contribution in [0.4, 0.5) is 5.69 Å². The Balaban J connectivity index is 1.68. The molecule has 29 heavy (non-hydrogen) atoms. The summed E-state index contributed by atoms with van der Waals surface area (Å²) in [6.07, 6.45) is 2.07. The quantitative estimate of drug-likeness (QED) is 0.566. The number of nitrogens with zero attached hydrogens (tertiary/aromatic N) is 3. The largest absolute Gasteiger partial charge is 0.350 e. The predicted molar refractivity (Wildman–Crippen MR) is 116 cm³/mol. The van der Waals surface area contributed by atoms with Crippen LogP contribution in [0.3, 0.4) is 0 Å². The average molecular weight is 388 g/mol. The van der Waals surface area contributed by atoms with Crippen molar-refractivity contribution in [2.24, 2.45) is 13.0 Å². The van der Waals surface area contributed by atoms with Crippen LogP contribution >= 0.6 is 0 Å². The molecular weight excluding hydrogens is 364 g/mol. The van der Waals surface area contributed by atoms with E-state index in [9.17, 15) is 9.59 Å². The number of carbonyl (C=O) groups excluding carboxylic acids is 1. The van der Waals surface area contributed by atoms with Gasteiger partial charge in [-0.2, -0.15) is 5.10 Å². The third-order valence-corrected chi connectivity index (χ3v) is 5.01. The minimum absolute atomic E-state index is 0.0993. The molecule has 0 aliphatic heterocycles. The van der Waals surface area contributed by atoms with E-state index >= 15 is 0 Å². The molecule has 0 atom stereocenters. The van der Waals surface area contributed by atoms with Gasteiger partial charge in [-0.25, -0.2) is 4.68 Å². The first kappa shape index (κ1) is 18.9. The fraction of sp³-hybridized carbons (Fsp3) is 0.261. The molecule has 2 aromatic carbocycles. The fourth-order valence-corrected chi connectivity index (χ4v) is 3.66. The lowest BCUT2D eigenvalue weighted by molar-refractivity contribution is -0.115. The molecule has 2 aromatic heterocycles. The fourth-order valence-electron chi connectivity index (χ4n) is 3.66. The van der Waals surface area contributed by atoms with Crippen molar-refractivity contribution in [2.45, 2.75) is 26.8 Å². The molecule has 2 heterocycles. The molecule has 0 aliphatic rings.